The standard InChI is InChI=1S/C20H16ClNO3S/c1-25-20(24)17-11-15(7-9-18(17)21)22-19(23)12-26-16-8-6-13-4-2-3-5-14(13)10-16/h2-11H,12H2,1H3,(H,22,23). The quantitative estimate of drug-likeness (QED) is 0.495. The van der Waals surface area contributed by atoms with Gasteiger partial charge in [0, 0.05) is 10.6 Å². The van der Waals surface area contributed by atoms with Crippen molar-refractivity contribution in [2.24, 2.45) is 0 Å². The summed E-state index contributed by atoms with van der Waals surface area (Å²) in [5, 5.41) is 5.35. The predicted octanol–water partition coefficient (Wildman–Crippen LogP) is 5.01. The molecule has 0 aliphatic rings. The van der Waals surface area contributed by atoms with E-state index in [2.05, 4.69) is 22.2 Å². The molecule has 0 saturated carbocycles. The van der Waals surface area contributed by atoms with Gasteiger partial charge in [0.15, 0.2) is 0 Å². The van der Waals surface area contributed by atoms with Gasteiger partial charge < -0.3 is 10.1 Å². The number of nitrogens with one attached hydrogen (secondary N) is 1. The zero-order valence-electron chi connectivity index (χ0n) is 14.0. The van der Waals surface area contributed by atoms with Crippen molar-refractivity contribution in [3.8, 4) is 0 Å². The summed E-state index contributed by atoms with van der Waals surface area (Å²) in [6, 6.07) is 18.9. The van der Waals surface area contributed by atoms with Crippen LogP contribution in [-0.2, 0) is 9.53 Å². The van der Waals surface area contributed by atoms with E-state index in [9.17, 15) is 9.59 Å². The molecule has 0 aromatic heterocycles. The molecule has 0 atom stereocenters. The molecule has 6 heteroatoms. The Balaban J connectivity index is 1.64. The summed E-state index contributed by atoms with van der Waals surface area (Å²) >= 11 is 7.43. The van der Waals surface area contributed by atoms with Crippen molar-refractivity contribution >= 4 is 51.7 Å². The molecule has 0 unspecified atom stereocenters. The van der Waals surface area contributed by atoms with Crippen LogP contribution in [0, 0.1) is 0 Å². The summed E-state index contributed by atoms with van der Waals surface area (Å²) in [7, 11) is 1.28. The topological polar surface area (TPSA) is 55.4 Å². The molecule has 0 radical (unpaired) electrons. The van der Waals surface area contributed by atoms with Gasteiger partial charge in [0.2, 0.25) is 5.91 Å². The first kappa shape index (κ1) is 18.3. The molecule has 3 rings (SSSR count). The second-order valence-corrected chi connectivity index (χ2v) is 6.99. The first-order valence-electron chi connectivity index (χ1n) is 7.86. The normalized spacial score (nSPS) is 10.5. The molecular formula is C20H16ClNO3S. The second-order valence-electron chi connectivity index (χ2n) is 5.53. The van der Waals surface area contributed by atoms with E-state index in [1.165, 1.54) is 24.9 Å². The summed E-state index contributed by atoms with van der Waals surface area (Å²) in [5.74, 6) is -0.452. The van der Waals surface area contributed by atoms with Crippen molar-refractivity contribution in [3.63, 3.8) is 0 Å². The van der Waals surface area contributed by atoms with Gasteiger partial charge in [-0.25, -0.2) is 4.79 Å². The van der Waals surface area contributed by atoms with E-state index in [0.717, 1.165) is 15.7 Å². The molecule has 3 aromatic rings. The van der Waals surface area contributed by atoms with Crippen LogP contribution in [0.4, 0.5) is 5.69 Å². The molecule has 0 aliphatic heterocycles. The minimum Gasteiger partial charge on any atom is -0.465 e. The molecule has 0 fully saturated rings. The molecule has 0 aliphatic carbocycles. The van der Waals surface area contributed by atoms with Crippen LogP contribution in [0.15, 0.2) is 65.6 Å². The first-order valence-corrected chi connectivity index (χ1v) is 9.22. The number of hydrogen-bond acceptors (Lipinski definition) is 4. The number of thioether (sulfide) groups is 1. The SMILES string of the molecule is COC(=O)c1cc(NC(=O)CSc2ccc3ccccc3c2)ccc1Cl. The summed E-state index contributed by atoms with van der Waals surface area (Å²) in [4.78, 5) is 24.9. The van der Waals surface area contributed by atoms with Gasteiger partial charge in [-0.3, -0.25) is 4.79 Å². The van der Waals surface area contributed by atoms with E-state index >= 15 is 0 Å². The highest BCUT2D eigenvalue weighted by Crippen LogP contribution is 2.25. The van der Waals surface area contributed by atoms with Gasteiger partial charge in [-0.05, 0) is 41.1 Å². The number of fused-ring (bicyclic) bond motifs is 1. The van der Waals surface area contributed by atoms with Gasteiger partial charge in [0.05, 0.1) is 23.4 Å². The van der Waals surface area contributed by atoms with Crippen molar-refractivity contribution in [3.05, 3.63) is 71.2 Å². The third kappa shape index (κ3) is 4.36. The number of carbonyl (C=O) groups is 2. The van der Waals surface area contributed by atoms with Gasteiger partial charge in [0.25, 0.3) is 0 Å². The van der Waals surface area contributed by atoms with E-state index in [1.54, 1.807) is 12.1 Å². The maximum absolute atomic E-state index is 12.2. The van der Waals surface area contributed by atoms with E-state index in [0.29, 0.717) is 5.69 Å². The number of benzene rings is 3. The van der Waals surface area contributed by atoms with Gasteiger partial charge in [0.1, 0.15) is 0 Å². The van der Waals surface area contributed by atoms with Crippen LogP contribution in [0.3, 0.4) is 0 Å². The van der Waals surface area contributed by atoms with Crippen molar-refractivity contribution < 1.29 is 14.3 Å². The summed E-state index contributed by atoms with van der Waals surface area (Å²) in [6.07, 6.45) is 0. The number of ether oxygens (including phenoxy) is 1. The van der Waals surface area contributed by atoms with Crippen LogP contribution in [0.25, 0.3) is 10.8 Å². The molecule has 0 heterocycles. The zero-order chi connectivity index (χ0) is 18.5. The van der Waals surface area contributed by atoms with Crippen LogP contribution in [0.1, 0.15) is 10.4 Å². The molecule has 0 bridgehead atoms. The number of hydrogen-bond donors (Lipinski definition) is 1. The third-order valence-electron chi connectivity index (χ3n) is 3.75. The maximum atomic E-state index is 12.2. The Kier molecular flexibility index (Phi) is 5.81. The van der Waals surface area contributed by atoms with Gasteiger partial charge in [-0.1, -0.05) is 41.9 Å². The fourth-order valence-corrected chi connectivity index (χ4v) is 3.41. The number of amides is 1. The highest BCUT2D eigenvalue weighted by atomic mass is 35.5. The molecule has 4 nitrogen and oxygen atoms in total. The van der Waals surface area contributed by atoms with E-state index in [1.807, 2.05) is 30.3 Å². The number of carbonyl (C=O) groups excluding carboxylic acids is 2. The van der Waals surface area contributed by atoms with Crippen molar-refractivity contribution in [2.75, 3.05) is 18.2 Å². The lowest BCUT2D eigenvalue weighted by molar-refractivity contribution is -0.113. The maximum Gasteiger partial charge on any atom is 0.339 e. The number of anilines is 1. The van der Waals surface area contributed by atoms with Gasteiger partial charge in [-0.15, -0.1) is 11.8 Å². The number of rotatable bonds is 5. The number of esters is 1. The Bertz CT molecular complexity index is 974. The Morgan fingerprint density at radius 2 is 1.81 bits per heavy atom. The van der Waals surface area contributed by atoms with Gasteiger partial charge in [-0.2, -0.15) is 0 Å². The summed E-state index contributed by atoms with van der Waals surface area (Å²) in [5.41, 5.74) is 0.716. The lowest BCUT2D eigenvalue weighted by Crippen LogP contribution is -2.14. The first-order chi connectivity index (χ1) is 12.6. The fourth-order valence-electron chi connectivity index (χ4n) is 2.47. The second kappa shape index (κ2) is 8.25. The van der Waals surface area contributed by atoms with Crippen molar-refractivity contribution in [1.29, 1.82) is 0 Å². The fraction of sp³-hybridized carbons (Fsp3) is 0.100. The zero-order valence-corrected chi connectivity index (χ0v) is 15.6. The highest BCUT2D eigenvalue weighted by Gasteiger charge is 2.12. The van der Waals surface area contributed by atoms with E-state index in [4.69, 9.17) is 11.6 Å². The lowest BCUT2D eigenvalue weighted by Gasteiger charge is -2.08. The molecule has 3 aromatic carbocycles. The largest absolute Gasteiger partial charge is 0.465 e. The highest BCUT2D eigenvalue weighted by molar-refractivity contribution is 8.00. The van der Waals surface area contributed by atoms with Crippen LogP contribution in [0.2, 0.25) is 5.02 Å². The van der Waals surface area contributed by atoms with E-state index < -0.39 is 5.97 Å². The molecule has 0 saturated heterocycles. The molecule has 0 spiro atoms. The average Bonchev–Trinajstić information content (AvgIpc) is 2.67. The smallest absolute Gasteiger partial charge is 0.339 e. The minimum atomic E-state index is -0.545. The minimum absolute atomic E-state index is 0.165. The molecule has 26 heavy (non-hydrogen) atoms. The third-order valence-corrected chi connectivity index (χ3v) is 5.07. The van der Waals surface area contributed by atoms with Crippen LogP contribution >= 0.6 is 23.4 Å². The van der Waals surface area contributed by atoms with Crippen LogP contribution < -0.4 is 5.32 Å². The predicted molar refractivity (Wildman–Crippen MR) is 106 cm³/mol. The molecular weight excluding hydrogens is 370 g/mol. The molecule has 1 amide bonds. The van der Waals surface area contributed by atoms with Crippen LogP contribution in [-0.4, -0.2) is 24.7 Å². The Hall–Kier alpha value is -2.50. The Labute approximate surface area is 160 Å². The lowest BCUT2D eigenvalue weighted by atomic mass is 10.1. The summed E-state index contributed by atoms with van der Waals surface area (Å²) < 4.78 is 4.68. The number of methoxy groups -OCH3 is 1. The summed E-state index contributed by atoms with van der Waals surface area (Å²) in [6.45, 7) is 0. The average molecular weight is 386 g/mol. The van der Waals surface area contributed by atoms with Crippen molar-refractivity contribution in [1.82, 2.24) is 0 Å². The Morgan fingerprint density at radius 1 is 1.04 bits per heavy atom. The number of halogens is 1. The van der Waals surface area contributed by atoms with E-state index in [-0.39, 0.29) is 22.2 Å². The molecule has 1 N–H and O–H groups in total. The van der Waals surface area contributed by atoms with Crippen molar-refractivity contribution in [2.45, 2.75) is 4.90 Å². The Morgan fingerprint density at radius 3 is 2.58 bits per heavy atom. The monoisotopic (exact) mass is 385 g/mol. The van der Waals surface area contributed by atoms with Gasteiger partial charge >= 0.3 is 5.97 Å². The van der Waals surface area contributed by atoms with Crippen LogP contribution in [0.5, 0.6) is 0 Å². The molecule has 132 valence electrons.